The van der Waals surface area contributed by atoms with Crippen LogP contribution in [0.1, 0.15) is 42.1 Å². The first-order valence-electron chi connectivity index (χ1n) is 8.07. The molecule has 3 aliphatic rings. The summed E-state index contributed by atoms with van der Waals surface area (Å²) in [6.45, 7) is 2.08. The normalized spacial score (nSPS) is 22.8. The largest absolute Gasteiger partial charge is 0.385 e. The number of hydroxylamine groups is 1. The summed E-state index contributed by atoms with van der Waals surface area (Å²) in [6, 6.07) is 2.05. The number of halogens is 1. The van der Waals surface area contributed by atoms with Crippen LogP contribution < -0.4 is 5.48 Å². The molecule has 126 valence electrons. The highest BCUT2D eigenvalue weighted by atomic mass is 35.5. The number of aryl methyl sites for hydroxylation is 1. The molecule has 0 saturated heterocycles. The van der Waals surface area contributed by atoms with Gasteiger partial charge in [0.25, 0.3) is 0 Å². The summed E-state index contributed by atoms with van der Waals surface area (Å²) in [5, 5.41) is 0.655. The molecule has 0 radical (unpaired) electrons. The smallest absolute Gasteiger partial charge is 0.166 e. The molecule has 6 heteroatoms. The van der Waals surface area contributed by atoms with Gasteiger partial charge in [-0.05, 0) is 37.8 Å². The summed E-state index contributed by atoms with van der Waals surface area (Å²) in [5.41, 5.74) is 6.81. The Morgan fingerprint density at radius 3 is 2.88 bits per heavy atom. The van der Waals surface area contributed by atoms with Gasteiger partial charge in [-0.1, -0.05) is 11.6 Å². The number of hydrogen-bond donors (Lipinski definition) is 1. The predicted molar refractivity (Wildman–Crippen MR) is 94.4 cm³/mol. The Bertz CT molecular complexity index is 794. The Morgan fingerprint density at radius 2 is 2.21 bits per heavy atom. The van der Waals surface area contributed by atoms with E-state index in [2.05, 4.69) is 18.5 Å². The zero-order chi connectivity index (χ0) is 16.8. The minimum Gasteiger partial charge on any atom is -0.385 e. The van der Waals surface area contributed by atoms with E-state index in [1.165, 1.54) is 4.90 Å². The first kappa shape index (κ1) is 16.1. The Hall–Kier alpha value is -1.39. The number of hydrogen-bond acceptors (Lipinski definition) is 5. The van der Waals surface area contributed by atoms with Crippen LogP contribution in [0.25, 0.3) is 5.57 Å². The average molecular weight is 364 g/mol. The molecule has 1 unspecified atom stereocenters. The maximum absolute atomic E-state index is 11.4. The minimum absolute atomic E-state index is 0.0173. The lowest BCUT2D eigenvalue weighted by molar-refractivity contribution is 0.0974. The van der Waals surface area contributed by atoms with E-state index in [-0.39, 0.29) is 6.10 Å². The van der Waals surface area contributed by atoms with Crippen LogP contribution in [0.15, 0.2) is 22.4 Å². The van der Waals surface area contributed by atoms with Crippen molar-refractivity contribution in [2.75, 3.05) is 12.9 Å². The highest BCUT2D eigenvalue weighted by Crippen LogP contribution is 2.50. The van der Waals surface area contributed by atoms with Crippen molar-refractivity contribution < 1.29 is 14.4 Å². The lowest BCUT2D eigenvalue weighted by atomic mass is 9.93. The van der Waals surface area contributed by atoms with Crippen LogP contribution in [-0.2, 0) is 14.4 Å². The predicted octanol–water partition coefficient (Wildman–Crippen LogP) is 4.20. The molecule has 1 aliphatic carbocycles. The van der Waals surface area contributed by atoms with Gasteiger partial charge in [0.15, 0.2) is 11.6 Å². The number of fused-ring (bicyclic) bond motifs is 1. The molecule has 0 spiro atoms. The fourth-order valence-electron chi connectivity index (χ4n) is 3.42. The lowest BCUT2D eigenvalue weighted by Crippen LogP contribution is -2.13. The first-order chi connectivity index (χ1) is 11.7. The summed E-state index contributed by atoms with van der Waals surface area (Å²) >= 11 is 8.63. The van der Waals surface area contributed by atoms with Crippen LogP contribution in [0.5, 0.6) is 0 Å². The summed E-state index contributed by atoms with van der Waals surface area (Å²) in [4.78, 5) is 18.1. The van der Waals surface area contributed by atoms with E-state index in [1.807, 2.05) is 17.7 Å². The number of thioether (sulfide) groups is 1. The third kappa shape index (κ3) is 2.47. The second-order valence-electron chi connectivity index (χ2n) is 6.35. The summed E-state index contributed by atoms with van der Waals surface area (Å²) in [6.07, 6.45) is 3.06. The molecule has 4 nitrogen and oxygen atoms in total. The van der Waals surface area contributed by atoms with E-state index < -0.39 is 0 Å². The third-order valence-electron chi connectivity index (χ3n) is 4.75. The fraction of sp³-hybridized carbons (Fsp3) is 0.444. The molecule has 4 rings (SSSR count). The highest BCUT2D eigenvalue weighted by Gasteiger charge is 2.38. The van der Waals surface area contributed by atoms with E-state index in [0.717, 1.165) is 53.0 Å². The molecule has 1 saturated carbocycles. The van der Waals surface area contributed by atoms with Crippen LogP contribution in [0.2, 0.25) is 5.02 Å². The zero-order valence-corrected chi connectivity index (χ0v) is 15.1. The SMILES string of the molecule is COC1CCSc2c(C)cc(C3=C(C4CC4)ONC3=C=O)c(Cl)c21. The Balaban J connectivity index is 1.94. The maximum atomic E-state index is 11.4. The van der Waals surface area contributed by atoms with E-state index in [0.29, 0.717) is 16.6 Å². The van der Waals surface area contributed by atoms with Gasteiger partial charge in [-0.2, -0.15) is 0 Å². The van der Waals surface area contributed by atoms with Crippen LogP contribution in [-0.4, -0.2) is 18.8 Å². The quantitative estimate of drug-likeness (QED) is 0.815. The third-order valence-corrected chi connectivity index (χ3v) is 6.43. The molecular formula is C18H18ClNO3S. The van der Waals surface area contributed by atoms with Gasteiger partial charge in [-0.25, -0.2) is 10.3 Å². The summed E-state index contributed by atoms with van der Waals surface area (Å²) < 4.78 is 5.67. The van der Waals surface area contributed by atoms with E-state index >= 15 is 0 Å². The van der Waals surface area contributed by atoms with Gasteiger partial charge < -0.3 is 9.57 Å². The average Bonchev–Trinajstić information content (AvgIpc) is 3.36. The second kappa shape index (κ2) is 6.16. The minimum atomic E-state index is -0.0173. The van der Waals surface area contributed by atoms with Crippen molar-refractivity contribution in [2.24, 2.45) is 5.92 Å². The fourth-order valence-corrected chi connectivity index (χ4v) is 5.05. The summed E-state index contributed by atoms with van der Waals surface area (Å²) in [7, 11) is 1.72. The van der Waals surface area contributed by atoms with Crippen molar-refractivity contribution in [1.82, 2.24) is 5.48 Å². The molecule has 1 fully saturated rings. The Kier molecular flexibility index (Phi) is 4.13. The first-order valence-corrected chi connectivity index (χ1v) is 9.43. The maximum Gasteiger partial charge on any atom is 0.166 e. The van der Waals surface area contributed by atoms with Crippen molar-refractivity contribution in [3.8, 4) is 0 Å². The topological polar surface area (TPSA) is 47.6 Å². The second-order valence-corrected chi connectivity index (χ2v) is 7.84. The lowest BCUT2D eigenvalue weighted by Gasteiger charge is -2.28. The van der Waals surface area contributed by atoms with Crippen LogP contribution in [0.4, 0.5) is 0 Å². The molecule has 2 aliphatic heterocycles. The zero-order valence-electron chi connectivity index (χ0n) is 13.6. The standard InChI is InChI=1S/C18H18ClNO3S/c1-9-7-11(14-12(8-21)20-23-17(14)10-3-4-10)16(19)15-13(22-2)5-6-24-18(9)15/h7,10,13,20H,3-6H2,1-2H3. The van der Waals surface area contributed by atoms with Crippen molar-refractivity contribution in [3.05, 3.63) is 39.2 Å². The number of nitrogens with one attached hydrogen (secondary N) is 1. The summed E-state index contributed by atoms with van der Waals surface area (Å²) in [5.74, 6) is 4.14. The van der Waals surface area contributed by atoms with Gasteiger partial charge in [0.2, 0.25) is 0 Å². The van der Waals surface area contributed by atoms with Crippen LogP contribution >= 0.6 is 23.4 Å². The van der Waals surface area contributed by atoms with Crippen molar-refractivity contribution in [3.63, 3.8) is 0 Å². The molecule has 24 heavy (non-hydrogen) atoms. The van der Waals surface area contributed by atoms with Gasteiger partial charge in [0.1, 0.15) is 5.76 Å². The van der Waals surface area contributed by atoms with Crippen LogP contribution in [0, 0.1) is 12.8 Å². The van der Waals surface area contributed by atoms with Gasteiger partial charge in [-0.3, -0.25) is 0 Å². The molecule has 0 bridgehead atoms. The van der Waals surface area contributed by atoms with Gasteiger partial charge >= 0.3 is 0 Å². The van der Waals surface area contributed by atoms with Gasteiger partial charge in [-0.15, -0.1) is 11.8 Å². The molecule has 1 aromatic rings. The number of allylic oxidation sites excluding steroid dienone is 2. The molecular weight excluding hydrogens is 346 g/mol. The van der Waals surface area contributed by atoms with Gasteiger partial charge in [0, 0.05) is 34.8 Å². The number of benzene rings is 1. The number of rotatable bonds is 3. The number of methoxy groups -OCH3 is 1. The molecule has 1 N–H and O–H groups in total. The number of carbonyl (C=O) groups excluding carboxylic acids is 1. The number of ether oxygens (including phenoxy) is 1. The monoisotopic (exact) mass is 363 g/mol. The van der Waals surface area contributed by atoms with Crippen LogP contribution in [0.3, 0.4) is 0 Å². The van der Waals surface area contributed by atoms with E-state index in [4.69, 9.17) is 21.2 Å². The Labute approximate surface area is 150 Å². The Morgan fingerprint density at radius 1 is 1.42 bits per heavy atom. The van der Waals surface area contributed by atoms with Crippen molar-refractivity contribution in [1.29, 1.82) is 0 Å². The molecule has 0 aromatic heterocycles. The molecule has 2 heterocycles. The highest BCUT2D eigenvalue weighted by molar-refractivity contribution is 7.99. The molecule has 0 amide bonds. The van der Waals surface area contributed by atoms with E-state index in [9.17, 15) is 4.79 Å². The molecule has 1 atom stereocenters. The van der Waals surface area contributed by atoms with Crippen molar-refractivity contribution in [2.45, 2.75) is 37.2 Å². The molecule has 1 aromatic carbocycles. The van der Waals surface area contributed by atoms with E-state index in [1.54, 1.807) is 7.11 Å². The van der Waals surface area contributed by atoms with Gasteiger partial charge in [0.05, 0.1) is 16.7 Å². The van der Waals surface area contributed by atoms with Crippen molar-refractivity contribution >= 4 is 34.9 Å².